The van der Waals surface area contributed by atoms with Gasteiger partial charge in [-0.25, -0.2) is 0 Å². The second-order valence-electron chi connectivity index (χ2n) is 20.4. The Morgan fingerprint density at radius 1 is 0.387 bits per heavy atom. The molecule has 0 saturated carbocycles. The van der Waals surface area contributed by atoms with Crippen molar-refractivity contribution in [3.8, 4) is 55.6 Å². The standard InChI is InChI=1S/C72H59BN2/c1-48-39-50(3)71(51(4)40-48)59-45-67-65(43-55-33-34-57(41-49(55)2)53-23-12-6-13-24-53)64-37-36-63(75(61-29-16-8-17-30-61)62-31-18-9-19-32-62)47-69(64)73-72(67)68(46-59)66-44-58(54-25-14-7-15-26-54)35-38-70(66)74-60-28-20-27-56(42-60)52-21-10-5-11-22-52/h5-42,44-47,65,73-74H,43H2,1-4H3. The Morgan fingerprint density at radius 3 is 1.52 bits per heavy atom. The van der Waals surface area contributed by atoms with Gasteiger partial charge in [0.25, 0.3) is 0 Å². The Balaban J connectivity index is 1.10. The number of para-hydroxylation sites is 2. The number of nitrogens with one attached hydrogen (secondary N) is 1. The molecule has 2 nitrogen and oxygen atoms in total. The molecule has 1 aliphatic heterocycles. The molecule has 11 aromatic carbocycles. The monoisotopic (exact) mass is 962 g/mol. The molecule has 1 unspecified atom stereocenters. The fourth-order valence-electron chi connectivity index (χ4n) is 11.8. The molecule has 11 aromatic rings. The molecule has 0 aliphatic carbocycles. The Bertz CT molecular complexity index is 3770. The van der Waals surface area contributed by atoms with E-state index in [4.69, 9.17) is 0 Å². The minimum atomic E-state index is 0.0713. The van der Waals surface area contributed by atoms with Crippen LogP contribution in [0.4, 0.5) is 28.4 Å². The van der Waals surface area contributed by atoms with Gasteiger partial charge in [-0.2, -0.15) is 0 Å². The summed E-state index contributed by atoms with van der Waals surface area (Å²) in [5, 5.41) is 4.01. The Morgan fingerprint density at radius 2 is 0.920 bits per heavy atom. The van der Waals surface area contributed by atoms with Gasteiger partial charge in [0.1, 0.15) is 0 Å². The van der Waals surface area contributed by atoms with Crippen molar-refractivity contribution in [3.63, 3.8) is 0 Å². The molecule has 0 aromatic heterocycles. The van der Waals surface area contributed by atoms with E-state index >= 15 is 0 Å². The molecule has 0 spiro atoms. The Hall–Kier alpha value is -8.92. The number of hydrogen-bond donors (Lipinski definition) is 1. The van der Waals surface area contributed by atoms with E-state index in [-0.39, 0.29) is 5.92 Å². The van der Waals surface area contributed by atoms with Crippen molar-refractivity contribution in [1.82, 2.24) is 0 Å². The molecule has 1 heterocycles. The third-order valence-electron chi connectivity index (χ3n) is 15.3. The number of anilines is 5. The summed E-state index contributed by atoms with van der Waals surface area (Å²) in [5.41, 5.74) is 29.7. The molecule has 360 valence electrons. The van der Waals surface area contributed by atoms with Gasteiger partial charge in [0.15, 0.2) is 7.28 Å². The maximum atomic E-state index is 4.01. The van der Waals surface area contributed by atoms with Crippen molar-refractivity contribution in [2.75, 3.05) is 10.2 Å². The first kappa shape index (κ1) is 47.1. The van der Waals surface area contributed by atoms with Crippen LogP contribution in [-0.4, -0.2) is 7.28 Å². The van der Waals surface area contributed by atoms with E-state index in [1.165, 1.54) is 106 Å². The third-order valence-corrected chi connectivity index (χ3v) is 15.3. The van der Waals surface area contributed by atoms with E-state index in [2.05, 4.69) is 293 Å². The highest BCUT2D eigenvalue weighted by Crippen LogP contribution is 2.43. The number of nitrogens with zero attached hydrogens (tertiary/aromatic N) is 1. The molecule has 0 bridgehead atoms. The van der Waals surface area contributed by atoms with Gasteiger partial charge in [-0.1, -0.05) is 205 Å². The lowest BCUT2D eigenvalue weighted by atomic mass is 9.51. The van der Waals surface area contributed by atoms with Gasteiger partial charge in [-0.05, 0) is 184 Å². The molecule has 0 saturated heterocycles. The van der Waals surface area contributed by atoms with Crippen LogP contribution in [0.5, 0.6) is 0 Å². The molecule has 0 radical (unpaired) electrons. The van der Waals surface area contributed by atoms with Crippen LogP contribution in [0.3, 0.4) is 0 Å². The number of hydrogen-bond acceptors (Lipinski definition) is 2. The lowest BCUT2D eigenvalue weighted by molar-refractivity contribution is 0.807. The molecule has 12 rings (SSSR count). The maximum absolute atomic E-state index is 4.01. The molecule has 0 amide bonds. The van der Waals surface area contributed by atoms with E-state index in [1.54, 1.807) is 0 Å². The predicted octanol–water partition coefficient (Wildman–Crippen LogP) is 17.5. The lowest BCUT2D eigenvalue weighted by Crippen LogP contribution is -2.41. The zero-order chi connectivity index (χ0) is 50.8. The highest BCUT2D eigenvalue weighted by molar-refractivity contribution is 6.70. The average molecular weight is 963 g/mol. The smallest absolute Gasteiger partial charge is 0.193 e. The Kier molecular flexibility index (Phi) is 12.9. The van der Waals surface area contributed by atoms with E-state index in [9.17, 15) is 0 Å². The first-order chi connectivity index (χ1) is 36.8. The van der Waals surface area contributed by atoms with Gasteiger partial charge in [-0.3, -0.25) is 0 Å². The lowest BCUT2D eigenvalue weighted by Gasteiger charge is -2.34. The number of rotatable bonds is 12. The minimum absolute atomic E-state index is 0.0713. The Labute approximate surface area is 443 Å². The van der Waals surface area contributed by atoms with Gasteiger partial charge < -0.3 is 10.2 Å². The normalized spacial score (nSPS) is 12.6. The fraction of sp³-hybridized carbons (Fsp3) is 0.0833. The molecule has 75 heavy (non-hydrogen) atoms. The summed E-state index contributed by atoms with van der Waals surface area (Å²) in [7, 11) is 0.776. The second-order valence-corrected chi connectivity index (χ2v) is 20.4. The van der Waals surface area contributed by atoms with Crippen LogP contribution in [0.15, 0.2) is 255 Å². The van der Waals surface area contributed by atoms with Gasteiger partial charge in [0.2, 0.25) is 0 Å². The average Bonchev–Trinajstić information content (AvgIpc) is 3.45. The third kappa shape index (κ3) is 9.62. The van der Waals surface area contributed by atoms with Crippen molar-refractivity contribution in [2.24, 2.45) is 0 Å². The molecular weight excluding hydrogens is 904 g/mol. The molecule has 3 heteroatoms. The summed E-state index contributed by atoms with van der Waals surface area (Å²) < 4.78 is 0. The summed E-state index contributed by atoms with van der Waals surface area (Å²) >= 11 is 0. The summed E-state index contributed by atoms with van der Waals surface area (Å²) in [4.78, 5) is 2.40. The van der Waals surface area contributed by atoms with Crippen LogP contribution in [0.2, 0.25) is 0 Å². The largest absolute Gasteiger partial charge is 0.355 e. The van der Waals surface area contributed by atoms with Crippen LogP contribution < -0.4 is 21.1 Å². The van der Waals surface area contributed by atoms with Gasteiger partial charge in [0.05, 0.1) is 0 Å². The molecular formula is C72H59BN2. The van der Waals surface area contributed by atoms with Crippen LogP contribution >= 0.6 is 0 Å². The second kappa shape index (κ2) is 20.5. The molecule has 1 aliphatic rings. The summed E-state index contributed by atoms with van der Waals surface area (Å²) in [6, 6.07) is 93.9. The highest BCUT2D eigenvalue weighted by Gasteiger charge is 2.32. The maximum Gasteiger partial charge on any atom is 0.193 e. The van der Waals surface area contributed by atoms with E-state index < -0.39 is 0 Å². The summed E-state index contributed by atoms with van der Waals surface area (Å²) in [5.74, 6) is 0.0713. The van der Waals surface area contributed by atoms with Crippen molar-refractivity contribution in [1.29, 1.82) is 0 Å². The van der Waals surface area contributed by atoms with Crippen molar-refractivity contribution in [2.45, 2.75) is 40.0 Å². The zero-order valence-electron chi connectivity index (χ0n) is 43.2. The first-order valence-corrected chi connectivity index (χ1v) is 26.4. The number of fused-ring (bicyclic) bond motifs is 2. The molecule has 1 N–H and O–H groups in total. The summed E-state index contributed by atoms with van der Waals surface area (Å²) in [6.45, 7) is 9.09. The van der Waals surface area contributed by atoms with Crippen molar-refractivity contribution in [3.05, 3.63) is 294 Å². The highest BCUT2D eigenvalue weighted by atomic mass is 15.1. The van der Waals surface area contributed by atoms with Crippen molar-refractivity contribution >= 4 is 46.6 Å². The SMILES string of the molecule is Cc1cc(C)c(-c2cc(-c3cc(-c4ccccc4)ccc3Nc3cccc(-c4ccccc4)c3)c3c(c2)C(Cc2ccc(-c4ccccc4)cc2C)c2ccc(N(c4ccccc4)c4ccccc4)cc2B3)c(C)c1. The fourth-order valence-corrected chi connectivity index (χ4v) is 11.8. The van der Waals surface area contributed by atoms with E-state index in [0.717, 1.165) is 42.1 Å². The van der Waals surface area contributed by atoms with Crippen LogP contribution in [0, 0.1) is 27.7 Å². The van der Waals surface area contributed by atoms with Crippen LogP contribution in [0.1, 0.15) is 44.9 Å². The van der Waals surface area contributed by atoms with Crippen molar-refractivity contribution < 1.29 is 0 Å². The van der Waals surface area contributed by atoms with E-state index in [0.29, 0.717) is 0 Å². The topological polar surface area (TPSA) is 15.3 Å². The molecule has 0 fully saturated rings. The quantitative estimate of drug-likeness (QED) is 0.123. The molecule has 1 atom stereocenters. The zero-order valence-corrected chi connectivity index (χ0v) is 43.2. The summed E-state index contributed by atoms with van der Waals surface area (Å²) in [6.07, 6.45) is 0.859. The predicted molar refractivity (Wildman–Crippen MR) is 322 cm³/mol. The van der Waals surface area contributed by atoms with Gasteiger partial charge in [0, 0.05) is 39.9 Å². The van der Waals surface area contributed by atoms with Gasteiger partial charge >= 0.3 is 0 Å². The minimum Gasteiger partial charge on any atom is -0.355 e. The van der Waals surface area contributed by atoms with Crippen LogP contribution in [0.25, 0.3) is 55.6 Å². The van der Waals surface area contributed by atoms with Crippen LogP contribution in [-0.2, 0) is 6.42 Å². The first-order valence-electron chi connectivity index (χ1n) is 26.4. The van der Waals surface area contributed by atoms with E-state index in [1.807, 2.05) is 0 Å². The van der Waals surface area contributed by atoms with Gasteiger partial charge in [-0.15, -0.1) is 0 Å². The number of aryl methyl sites for hydroxylation is 4. The number of benzene rings is 11.